The number of nitrogens with zero attached hydrogens (tertiary/aromatic N) is 1. The van der Waals surface area contributed by atoms with Crippen LogP contribution in [0, 0.1) is 6.92 Å². The van der Waals surface area contributed by atoms with E-state index in [1.54, 1.807) is 48.5 Å². The molecule has 3 aromatic carbocycles. The van der Waals surface area contributed by atoms with Gasteiger partial charge in [-0.2, -0.15) is 5.10 Å². The molecule has 0 fully saturated rings. The second-order valence-corrected chi connectivity index (χ2v) is 7.54. The average Bonchev–Trinajstić information content (AvgIpc) is 2.87. The van der Waals surface area contributed by atoms with Gasteiger partial charge in [0.05, 0.1) is 28.4 Å². The number of benzene rings is 3. The molecule has 0 aliphatic carbocycles. The number of aryl methyl sites for hydroxylation is 1. The van der Waals surface area contributed by atoms with Crippen molar-refractivity contribution in [2.24, 2.45) is 5.10 Å². The van der Waals surface area contributed by atoms with E-state index in [4.69, 9.17) is 4.42 Å². The summed E-state index contributed by atoms with van der Waals surface area (Å²) in [6, 6.07) is 20.2. The zero-order chi connectivity index (χ0) is 24.8. The van der Waals surface area contributed by atoms with E-state index in [2.05, 4.69) is 21.2 Å². The number of para-hydroxylation sites is 2. The van der Waals surface area contributed by atoms with Gasteiger partial charge >= 0.3 is 11.8 Å². The van der Waals surface area contributed by atoms with Crippen molar-refractivity contribution in [1.29, 1.82) is 0 Å². The highest BCUT2D eigenvalue weighted by atomic mass is 16.3. The van der Waals surface area contributed by atoms with Crippen molar-refractivity contribution in [3.63, 3.8) is 0 Å². The maximum atomic E-state index is 12.7. The summed E-state index contributed by atoms with van der Waals surface area (Å²) in [5.41, 5.74) is 4.21. The van der Waals surface area contributed by atoms with Crippen LogP contribution in [-0.4, -0.2) is 23.9 Å². The van der Waals surface area contributed by atoms with Crippen LogP contribution in [0.25, 0.3) is 11.0 Å². The highest BCUT2D eigenvalue weighted by Crippen LogP contribution is 2.18. The molecular weight excluding hydrogens is 448 g/mol. The zero-order valence-electron chi connectivity index (χ0n) is 18.6. The highest BCUT2D eigenvalue weighted by molar-refractivity contribution is 6.40. The molecule has 9 heteroatoms. The van der Waals surface area contributed by atoms with Gasteiger partial charge in [-0.3, -0.25) is 19.2 Å². The van der Waals surface area contributed by atoms with Crippen LogP contribution in [0.5, 0.6) is 0 Å². The first kappa shape index (κ1) is 23.1. The monoisotopic (exact) mass is 468 g/mol. The van der Waals surface area contributed by atoms with Crippen LogP contribution in [-0.2, 0) is 9.59 Å². The number of anilines is 2. The van der Waals surface area contributed by atoms with Crippen molar-refractivity contribution >= 4 is 46.3 Å². The van der Waals surface area contributed by atoms with E-state index in [1.807, 2.05) is 19.1 Å². The first-order valence-corrected chi connectivity index (χ1v) is 10.5. The van der Waals surface area contributed by atoms with Crippen LogP contribution in [0.4, 0.5) is 11.4 Å². The third kappa shape index (κ3) is 5.48. The van der Waals surface area contributed by atoms with Crippen LogP contribution in [0.1, 0.15) is 21.5 Å². The Hall–Kier alpha value is -5.05. The normalized spacial score (nSPS) is 10.8. The molecule has 4 aromatic rings. The number of rotatable bonds is 5. The Balaban J connectivity index is 1.41. The molecule has 0 aliphatic rings. The van der Waals surface area contributed by atoms with Crippen LogP contribution < -0.4 is 21.5 Å². The summed E-state index contributed by atoms with van der Waals surface area (Å²) in [6.07, 6.45) is 2.30. The third-order valence-electron chi connectivity index (χ3n) is 5.01. The van der Waals surface area contributed by atoms with Gasteiger partial charge in [0, 0.05) is 5.69 Å². The predicted molar refractivity (Wildman–Crippen MR) is 132 cm³/mol. The van der Waals surface area contributed by atoms with Gasteiger partial charge in [0.1, 0.15) is 11.8 Å². The Morgan fingerprint density at radius 3 is 2.37 bits per heavy atom. The number of carbonyl (C=O) groups excluding carboxylic acids is 3. The Bertz CT molecular complexity index is 1510. The van der Waals surface area contributed by atoms with E-state index in [9.17, 15) is 19.2 Å². The molecule has 4 rings (SSSR count). The first-order valence-electron chi connectivity index (χ1n) is 10.5. The van der Waals surface area contributed by atoms with Gasteiger partial charge in [0.15, 0.2) is 0 Å². The van der Waals surface area contributed by atoms with Crippen molar-refractivity contribution in [3.8, 4) is 0 Å². The molecule has 0 radical (unpaired) electrons. The second kappa shape index (κ2) is 10.3. The van der Waals surface area contributed by atoms with E-state index < -0.39 is 17.7 Å². The quantitative estimate of drug-likeness (QED) is 0.235. The lowest BCUT2D eigenvalue weighted by atomic mass is 10.1. The Kier molecular flexibility index (Phi) is 6.78. The van der Waals surface area contributed by atoms with Crippen LogP contribution in [0.3, 0.4) is 0 Å². The lowest BCUT2D eigenvalue weighted by Gasteiger charge is -2.11. The fourth-order valence-corrected chi connectivity index (χ4v) is 3.20. The van der Waals surface area contributed by atoms with Crippen LogP contribution >= 0.6 is 0 Å². The van der Waals surface area contributed by atoms with Crippen molar-refractivity contribution < 1.29 is 18.8 Å². The molecule has 3 amide bonds. The number of nitrogens with one attached hydrogen (secondary N) is 3. The van der Waals surface area contributed by atoms with E-state index in [-0.39, 0.29) is 22.2 Å². The number of hydrazone groups is 1. The molecule has 174 valence electrons. The number of fused-ring (bicyclic) bond motifs is 1. The summed E-state index contributed by atoms with van der Waals surface area (Å²) in [4.78, 5) is 49.7. The predicted octanol–water partition coefficient (Wildman–Crippen LogP) is 3.44. The van der Waals surface area contributed by atoms with Gasteiger partial charge in [-0.25, -0.2) is 5.43 Å². The molecule has 0 saturated heterocycles. The van der Waals surface area contributed by atoms with E-state index >= 15 is 0 Å². The lowest BCUT2D eigenvalue weighted by Crippen LogP contribution is -2.33. The molecule has 9 nitrogen and oxygen atoms in total. The Labute approximate surface area is 199 Å². The van der Waals surface area contributed by atoms with Gasteiger partial charge in [-0.1, -0.05) is 42.0 Å². The summed E-state index contributed by atoms with van der Waals surface area (Å²) in [5, 5.41) is 9.18. The Morgan fingerprint density at radius 2 is 1.57 bits per heavy atom. The highest BCUT2D eigenvalue weighted by Gasteiger charge is 2.18. The molecule has 3 N–H and O–H groups in total. The number of carbonyl (C=O) groups is 3. The molecule has 35 heavy (non-hydrogen) atoms. The first-order chi connectivity index (χ1) is 16.9. The van der Waals surface area contributed by atoms with Gasteiger partial charge < -0.3 is 15.1 Å². The SMILES string of the molecule is Cc1ccc(NC(=O)c2ccccc2NC(=O)C(=O)NN=Cc2coc3ccccc3c2=O)cc1. The zero-order valence-corrected chi connectivity index (χ0v) is 18.6. The molecule has 0 aliphatic heterocycles. The molecule has 1 heterocycles. The third-order valence-corrected chi connectivity index (χ3v) is 5.01. The van der Waals surface area contributed by atoms with Crippen molar-refractivity contribution in [2.45, 2.75) is 6.92 Å². The molecule has 0 spiro atoms. The van der Waals surface area contributed by atoms with E-state index in [0.29, 0.717) is 16.7 Å². The molecule has 0 bridgehead atoms. The van der Waals surface area contributed by atoms with Gasteiger partial charge in [0.2, 0.25) is 5.43 Å². The van der Waals surface area contributed by atoms with Crippen molar-refractivity contribution in [2.75, 3.05) is 10.6 Å². The van der Waals surface area contributed by atoms with Gasteiger partial charge in [-0.05, 0) is 43.3 Å². The molecule has 0 saturated carbocycles. The number of hydrogen-bond acceptors (Lipinski definition) is 6. The minimum absolute atomic E-state index is 0.0996. The number of hydrogen-bond donors (Lipinski definition) is 3. The largest absolute Gasteiger partial charge is 0.463 e. The van der Waals surface area contributed by atoms with E-state index in [1.165, 1.54) is 18.4 Å². The van der Waals surface area contributed by atoms with Crippen molar-refractivity contribution in [1.82, 2.24) is 5.43 Å². The molecule has 0 atom stereocenters. The molecule has 1 aromatic heterocycles. The maximum absolute atomic E-state index is 12.7. The van der Waals surface area contributed by atoms with Crippen LogP contribution in [0.15, 0.2) is 93.4 Å². The minimum Gasteiger partial charge on any atom is -0.463 e. The summed E-state index contributed by atoms with van der Waals surface area (Å²) in [7, 11) is 0. The topological polar surface area (TPSA) is 130 Å². The summed E-state index contributed by atoms with van der Waals surface area (Å²) in [6.45, 7) is 1.93. The summed E-state index contributed by atoms with van der Waals surface area (Å²) >= 11 is 0. The van der Waals surface area contributed by atoms with E-state index in [0.717, 1.165) is 11.8 Å². The summed E-state index contributed by atoms with van der Waals surface area (Å²) in [5.74, 6) is -2.57. The fraction of sp³-hybridized carbons (Fsp3) is 0.0385. The van der Waals surface area contributed by atoms with Gasteiger partial charge in [-0.15, -0.1) is 0 Å². The van der Waals surface area contributed by atoms with Crippen LogP contribution in [0.2, 0.25) is 0 Å². The summed E-state index contributed by atoms with van der Waals surface area (Å²) < 4.78 is 5.37. The minimum atomic E-state index is -1.08. The van der Waals surface area contributed by atoms with Gasteiger partial charge in [0.25, 0.3) is 5.91 Å². The fourth-order valence-electron chi connectivity index (χ4n) is 3.20. The second-order valence-electron chi connectivity index (χ2n) is 7.54. The molecule has 0 unspecified atom stereocenters. The van der Waals surface area contributed by atoms with Crippen molar-refractivity contribution in [3.05, 3.63) is 106 Å². The standard InChI is InChI=1S/C26H20N4O5/c1-16-10-12-18(13-11-16)28-24(32)19-6-2-4-8-21(19)29-25(33)26(34)30-27-14-17-15-35-22-9-5-3-7-20(22)23(17)31/h2-15H,1H3,(H,28,32)(H,29,33)(H,30,34). The maximum Gasteiger partial charge on any atom is 0.329 e. The Morgan fingerprint density at radius 1 is 0.857 bits per heavy atom. The lowest BCUT2D eigenvalue weighted by molar-refractivity contribution is -0.136. The number of amides is 3. The average molecular weight is 468 g/mol. The smallest absolute Gasteiger partial charge is 0.329 e. The molecular formula is C26H20N4O5.